The summed E-state index contributed by atoms with van der Waals surface area (Å²) in [5.74, 6) is 0. The fourth-order valence-electron chi connectivity index (χ4n) is 3.76. The van der Waals surface area contributed by atoms with Gasteiger partial charge in [-0.25, -0.2) is 0 Å². The number of aliphatic hydroxyl groups excluding tert-OH is 2. The maximum absolute atomic E-state index is 9.76. The molecule has 2 heteroatoms. The molecule has 4 aromatic rings. The molecule has 0 fully saturated rings. The van der Waals surface area contributed by atoms with E-state index in [0.717, 1.165) is 27.3 Å². The molecule has 0 aromatic heterocycles. The summed E-state index contributed by atoms with van der Waals surface area (Å²) in [5.41, 5.74) is 3.16. The van der Waals surface area contributed by atoms with Gasteiger partial charge in [-0.1, -0.05) is 57.2 Å². The summed E-state index contributed by atoms with van der Waals surface area (Å²) in [6.45, 7) is 6.65. The van der Waals surface area contributed by atoms with E-state index in [1.54, 1.807) is 0 Å². The van der Waals surface area contributed by atoms with Crippen LogP contribution in [0.5, 0.6) is 0 Å². The number of rotatable bonds is 2. The lowest BCUT2D eigenvalue weighted by atomic mass is 9.82. The molecule has 0 spiro atoms. The normalized spacial score (nSPS) is 12.7. The Balaban J connectivity index is 2.23. The van der Waals surface area contributed by atoms with Gasteiger partial charge in [-0.2, -0.15) is 0 Å². The topological polar surface area (TPSA) is 40.5 Å². The zero-order valence-corrected chi connectivity index (χ0v) is 14.4. The van der Waals surface area contributed by atoms with Crippen molar-refractivity contribution in [1.82, 2.24) is 0 Å². The molecule has 0 unspecified atom stereocenters. The van der Waals surface area contributed by atoms with Crippen LogP contribution in [0, 0.1) is 0 Å². The molecule has 24 heavy (non-hydrogen) atoms. The minimum Gasteiger partial charge on any atom is -0.392 e. The van der Waals surface area contributed by atoms with E-state index in [2.05, 4.69) is 57.2 Å². The predicted octanol–water partition coefficient (Wildman–Crippen LogP) is 4.87. The Hall–Kier alpha value is -2.16. The Morgan fingerprint density at radius 2 is 1.21 bits per heavy atom. The van der Waals surface area contributed by atoms with E-state index in [-0.39, 0.29) is 18.6 Å². The van der Waals surface area contributed by atoms with Crippen LogP contribution in [0.4, 0.5) is 0 Å². The van der Waals surface area contributed by atoms with Gasteiger partial charge >= 0.3 is 0 Å². The lowest BCUT2D eigenvalue weighted by Crippen LogP contribution is -2.10. The molecule has 0 atom stereocenters. The molecular formula is C22H22O2. The Kier molecular flexibility index (Phi) is 3.31. The zero-order valence-electron chi connectivity index (χ0n) is 14.4. The standard InChI is InChI=1S/C22H22O2/c1-22(2,3)17-9-13-4-6-18-15(11-23)8-16(12-24)19-7-5-14(10-17)20(13)21(18)19/h4-10,23-24H,11-12H2,1-3H3. The van der Waals surface area contributed by atoms with Gasteiger partial charge in [-0.3, -0.25) is 0 Å². The monoisotopic (exact) mass is 318 g/mol. The smallest absolute Gasteiger partial charge is 0.0688 e. The molecule has 4 aromatic carbocycles. The van der Waals surface area contributed by atoms with E-state index in [1.165, 1.54) is 21.7 Å². The van der Waals surface area contributed by atoms with Crippen LogP contribution in [-0.4, -0.2) is 10.2 Å². The minimum atomic E-state index is -0.0194. The Morgan fingerprint density at radius 3 is 1.62 bits per heavy atom. The van der Waals surface area contributed by atoms with Crippen LogP contribution in [0.25, 0.3) is 32.3 Å². The fourth-order valence-corrected chi connectivity index (χ4v) is 3.76. The lowest BCUT2D eigenvalue weighted by molar-refractivity contribution is 0.277. The van der Waals surface area contributed by atoms with Gasteiger partial charge < -0.3 is 10.2 Å². The molecule has 2 nitrogen and oxygen atoms in total. The van der Waals surface area contributed by atoms with Gasteiger partial charge in [0.2, 0.25) is 0 Å². The van der Waals surface area contributed by atoms with Gasteiger partial charge in [0.05, 0.1) is 13.2 Å². The maximum atomic E-state index is 9.76. The number of benzene rings is 4. The third-order valence-electron chi connectivity index (χ3n) is 5.09. The van der Waals surface area contributed by atoms with Crippen molar-refractivity contribution < 1.29 is 10.2 Å². The highest BCUT2D eigenvalue weighted by atomic mass is 16.3. The van der Waals surface area contributed by atoms with Crippen LogP contribution in [-0.2, 0) is 18.6 Å². The average molecular weight is 318 g/mol. The summed E-state index contributed by atoms with van der Waals surface area (Å²) >= 11 is 0. The molecule has 0 saturated carbocycles. The molecular weight excluding hydrogens is 296 g/mol. The molecule has 0 aliphatic rings. The molecule has 0 aliphatic carbocycles. The van der Waals surface area contributed by atoms with Crippen molar-refractivity contribution in [3.8, 4) is 0 Å². The molecule has 0 aliphatic heterocycles. The van der Waals surface area contributed by atoms with Crippen LogP contribution in [0.15, 0.2) is 42.5 Å². The highest BCUT2D eigenvalue weighted by Gasteiger charge is 2.18. The lowest BCUT2D eigenvalue weighted by Gasteiger charge is -2.22. The summed E-state index contributed by atoms with van der Waals surface area (Å²) in [7, 11) is 0. The minimum absolute atomic E-state index is 0.0194. The van der Waals surface area contributed by atoms with Gasteiger partial charge in [0.15, 0.2) is 0 Å². The highest BCUT2D eigenvalue weighted by molar-refractivity contribution is 6.24. The first kappa shape index (κ1) is 15.4. The molecule has 4 rings (SSSR count). The quantitative estimate of drug-likeness (QED) is 0.518. The Morgan fingerprint density at radius 1 is 0.708 bits per heavy atom. The van der Waals surface area contributed by atoms with E-state index in [0.29, 0.717) is 0 Å². The second-order valence-corrected chi connectivity index (χ2v) is 7.66. The first-order valence-corrected chi connectivity index (χ1v) is 8.39. The molecule has 0 radical (unpaired) electrons. The SMILES string of the molecule is CC(C)(C)c1cc2ccc3c(CO)cc(CO)c4ccc(c1)c2c34. The predicted molar refractivity (Wildman–Crippen MR) is 101 cm³/mol. The molecule has 0 saturated heterocycles. The van der Waals surface area contributed by atoms with Crippen molar-refractivity contribution in [3.63, 3.8) is 0 Å². The molecule has 122 valence electrons. The third-order valence-corrected chi connectivity index (χ3v) is 5.09. The van der Waals surface area contributed by atoms with Gasteiger partial charge in [-0.15, -0.1) is 0 Å². The van der Waals surface area contributed by atoms with Gasteiger partial charge in [0.1, 0.15) is 0 Å². The van der Waals surface area contributed by atoms with E-state index in [1.807, 2.05) is 6.07 Å². The van der Waals surface area contributed by atoms with Crippen LogP contribution in [0.3, 0.4) is 0 Å². The first-order chi connectivity index (χ1) is 11.4. The van der Waals surface area contributed by atoms with Crippen molar-refractivity contribution in [2.75, 3.05) is 0 Å². The van der Waals surface area contributed by atoms with Crippen LogP contribution >= 0.6 is 0 Å². The van der Waals surface area contributed by atoms with Crippen LogP contribution in [0.2, 0.25) is 0 Å². The van der Waals surface area contributed by atoms with E-state index < -0.39 is 0 Å². The van der Waals surface area contributed by atoms with Gasteiger partial charge in [-0.05, 0) is 60.5 Å². The summed E-state index contributed by atoms with van der Waals surface area (Å²) in [4.78, 5) is 0. The van der Waals surface area contributed by atoms with Gasteiger partial charge in [0.25, 0.3) is 0 Å². The van der Waals surface area contributed by atoms with Crippen molar-refractivity contribution in [2.24, 2.45) is 0 Å². The second kappa shape index (κ2) is 5.17. The summed E-state index contributed by atoms with van der Waals surface area (Å²) < 4.78 is 0. The largest absolute Gasteiger partial charge is 0.392 e. The average Bonchev–Trinajstić information content (AvgIpc) is 2.57. The van der Waals surface area contributed by atoms with E-state index in [4.69, 9.17) is 0 Å². The van der Waals surface area contributed by atoms with Crippen molar-refractivity contribution >= 4 is 32.3 Å². The van der Waals surface area contributed by atoms with Crippen LogP contribution < -0.4 is 0 Å². The fraction of sp³-hybridized carbons (Fsp3) is 0.273. The summed E-state index contributed by atoms with van der Waals surface area (Å²) in [6, 6.07) is 15.0. The zero-order chi connectivity index (χ0) is 17.1. The third kappa shape index (κ3) is 2.10. The first-order valence-electron chi connectivity index (χ1n) is 8.39. The Bertz CT molecular complexity index is 983. The van der Waals surface area contributed by atoms with Gasteiger partial charge in [0, 0.05) is 0 Å². The molecule has 0 amide bonds. The van der Waals surface area contributed by atoms with E-state index in [9.17, 15) is 10.2 Å². The summed E-state index contributed by atoms with van der Waals surface area (Å²) in [5, 5.41) is 26.5. The van der Waals surface area contributed by atoms with Crippen LogP contribution in [0.1, 0.15) is 37.5 Å². The highest BCUT2D eigenvalue weighted by Crippen LogP contribution is 2.40. The van der Waals surface area contributed by atoms with Crippen molar-refractivity contribution in [1.29, 1.82) is 0 Å². The molecule has 0 heterocycles. The van der Waals surface area contributed by atoms with Crippen molar-refractivity contribution in [3.05, 3.63) is 59.2 Å². The molecule has 0 bridgehead atoms. The summed E-state index contributed by atoms with van der Waals surface area (Å²) in [6.07, 6.45) is 0. The second-order valence-electron chi connectivity index (χ2n) is 7.66. The number of hydrogen-bond acceptors (Lipinski definition) is 2. The Labute approximate surface area is 141 Å². The van der Waals surface area contributed by atoms with Crippen molar-refractivity contribution in [2.45, 2.75) is 39.4 Å². The molecule has 2 N–H and O–H groups in total. The number of aliphatic hydroxyl groups is 2. The maximum Gasteiger partial charge on any atom is 0.0688 e. The number of hydrogen-bond donors (Lipinski definition) is 2. The van der Waals surface area contributed by atoms with E-state index >= 15 is 0 Å².